The van der Waals surface area contributed by atoms with E-state index in [0.29, 0.717) is 22.7 Å². The fourth-order valence-electron chi connectivity index (χ4n) is 1.86. The number of carbonyl (C=O) groups excluding carboxylic acids is 2. The van der Waals surface area contributed by atoms with Crippen LogP contribution in [-0.4, -0.2) is 24.8 Å². The number of ether oxygens (including phenoxy) is 1. The number of amides is 2. The number of halogens is 1. The minimum absolute atomic E-state index is 0.163. The molecule has 2 aromatic carbocycles. The summed E-state index contributed by atoms with van der Waals surface area (Å²) in [5.74, 6) is -0.271. The number of rotatable bonds is 5. The number of alkyl halides is 1. The van der Waals surface area contributed by atoms with E-state index in [4.69, 9.17) is 16.3 Å². The van der Waals surface area contributed by atoms with Crippen LogP contribution in [0.1, 0.15) is 10.4 Å². The Balaban J connectivity index is 2.19. The monoisotopic (exact) mass is 318 g/mol. The van der Waals surface area contributed by atoms with E-state index in [1.807, 2.05) is 6.07 Å². The van der Waals surface area contributed by atoms with E-state index in [9.17, 15) is 9.59 Å². The first-order valence-electron chi connectivity index (χ1n) is 6.54. The van der Waals surface area contributed by atoms with Crippen molar-refractivity contribution in [1.29, 1.82) is 0 Å². The molecular weight excluding hydrogens is 304 g/mol. The third-order valence-corrected chi connectivity index (χ3v) is 3.13. The van der Waals surface area contributed by atoms with Gasteiger partial charge in [-0.1, -0.05) is 18.2 Å². The summed E-state index contributed by atoms with van der Waals surface area (Å²) >= 11 is 5.48. The second-order valence-corrected chi connectivity index (χ2v) is 4.68. The molecule has 2 N–H and O–H groups in total. The van der Waals surface area contributed by atoms with E-state index >= 15 is 0 Å². The zero-order chi connectivity index (χ0) is 15.9. The van der Waals surface area contributed by atoms with Crippen LogP contribution < -0.4 is 15.4 Å². The highest BCUT2D eigenvalue weighted by atomic mass is 35.5. The molecule has 0 unspecified atom stereocenters. The molecule has 0 spiro atoms. The zero-order valence-corrected chi connectivity index (χ0v) is 12.7. The van der Waals surface area contributed by atoms with Crippen molar-refractivity contribution in [2.24, 2.45) is 0 Å². The molecule has 0 heterocycles. The van der Waals surface area contributed by atoms with Gasteiger partial charge in [0.2, 0.25) is 5.91 Å². The summed E-state index contributed by atoms with van der Waals surface area (Å²) in [6, 6.07) is 13.8. The van der Waals surface area contributed by atoms with Gasteiger partial charge in [-0.2, -0.15) is 0 Å². The summed E-state index contributed by atoms with van der Waals surface area (Å²) in [5.41, 5.74) is 1.53. The minimum Gasteiger partial charge on any atom is -0.495 e. The number of benzene rings is 2. The second-order valence-electron chi connectivity index (χ2n) is 4.42. The van der Waals surface area contributed by atoms with Gasteiger partial charge in [-0.05, 0) is 30.3 Å². The van der Waals surface area contributed by atoms with Crippen molar-refractivity contribution in [3.63, 3.8) is 0 Å². The average Bonchev–Trinajstić information content (AvgIpc) is 2.55. The lowest BCUT2D eigenvalue weighted by Gasteiger charge is -2.12. The fourth-order valence-corrected chi connectivity index (χ4v) is 1.93. The third-order valence-electron chi connectivity index (χ3n) is 2.89. The van der Waals surface area contributed by atoms with Crippen molar-refractivity contribution in [2.75, 3.05) is 23.6 Å². The quantitative estimate of drug-likeness (QED) is 0.832. The molecular formula is C16H15ClN2O3. The van der Waals surface area contributed by atoms with Gasteiger partial charge in [0.1, 0.15) is 11.6 Å². The lowest BCUT2D eigenvalue weighted by Crippen LogP contribution is -2.15. The summed E-state index contributed by atoms with van der Waals surface area (Å²) < 4.78 is 5.16. The van der Waals surface area contributed by atoms with Gasteiger partial charge in [0.15, 0.2) is 0 Å². The molecule has 22 heavy (non-hydrogen) atoms. The smallest absolute Gasteiger partial charge is 0.255 e. The van der Waals surface area contributed by atoms with Crippen molar-refractivity contribution in [2.45, 2.75) is 0 Å². The van der Waals surface area contributed by atoms with Gasteiger partial charge in [-0.25, -0.2) is 0 Å². The highest BCUT2D eigenvalue weighted by Gasteiger charge is 2.10. The van der Waals surface area contributed by atoms with E-state index in [1.54, 1.807) is 42.5 Å². The first-order chi connectivity index (χ1) is 10.6. The summed E-state index contributed by atoms with van der Waals surface area (Å²) in [6.45, 7) is 0. The topological polar surface area (TPSA) is 67.4 Å². The maximum atomic E-state index is 12.1. The Kier molecular flexibility index (Phi) is 5.38. The van der Waals surface area contributed by atoms with Crippen LogP contribution in [0.4, 0.5) is 11.4 Å². The van der Waals surface area contributed by atoms with Crippen LogP contribution in [0.3, 0.4) is 0 Å². The predicted molar refractivity (Wildman–Crippen MR) is 86.7 cm³/mol. The first-order valence-corrected chi connectivity index (χ1v) is 7.07. The number of nitrogens with one attached hydrogen (secondary N) is 2. The molecule has 5 nitrogen and oxygen atoms in total. The predicted octanol–water partition coefficient (Wildman–Crippen LogP) is 3.12. The zero-order valence-electron chi connectivity index (χ0n) is 11.9. The number of hydrogen-bond acceptors (Lipinski definition) is 3. The number of hydrogen-bond donors (Lipinski definition) is 2. The second kappa shape index (κ2) is 7.47. The molecule has 0 aliphatic carbocycles. The molecule has 2 rings (SSSR count). The van der Waals surface area contributed by atoms with Crippen LogP contribution >= 0.6 is 11.6 Å². The van der Waals surface area contributed by atoms with Gasteiger partial charge >= 0.3 is 0 Å². The fraction of sp³-hybridized carbons (Fsp3) is 0.125. The van der Waals surface area contributed by atoms with Crippen LogP contribution in [0.2, 0.25) is 0 Å². The van der Waals surface area contributed by atoms with Gasteiger partial charge in [0.05, 0.1) is 12.8 Å². The minimum atomic E-state index is -0.355. The van der Waals surface area contributed by atoms with E-state index in [-0.39, 0.29) is 17.7 Å². The Labute approximate surface area is 133 Å². The van der Waals surface area contributed by atoms with Gasteiger partial charge in [-0.15, -0.1) is 11.6 Å². The van der Waals surface area contributed by atoms with E-state index in [0.717, 1.165) is 0 Å². The Bertz CT molecular complexity index is 674. The Morgan fingerprint density at radius 2 is 1.82 bits per heavy atom. The SMILES string of the molecule is COc1ccc(NC(=O)c2ccccc2)cc1NC(=O)CCl. The number of methoxy groups -OCH3 is 1. The van der Waals surface area contributed by atoms with Crippen molar-refractivity contribution in [3.8, 4) is 5.75 Å². The summed E-state index contributed by atoms with van der Waals surface area (Å²) in [7, 11) is 1.49. The number of carbonyl (C=O) groups is 2. The molecule has 0 aliphatic rings. The van der Waals surface area contributed by atoms with Crippen LogP contribution in [0.15, 0.2) is 48.5 Å². The Hall–Kier alpha value is -2.53. The lowest BCUT2D eigenvalue weighted by atomic mass is 10.2. The standard InChI is InChI=1S/C16H15ClN2O3/c1-22-14-8-7-12(9-13(14)19-15(20)10-17)18-16(21)11-5-3-2-4-6-11/h2-9H,10H2,1H3,(H,18,21)(H,19,20). The molecule has 0 atom stereocenters. The van der Waals surface area contributed by atoms with Gasteiger partial charge in [0, 0.05) is 11.3 Å². The van der Waals surface area contributed by atoms with E-state index in [1.165, 1.54) is 7.11 Å². The maximum Gasteiger partial charge on any atom is 0.255 e. The van der Waals surface area contributed by atoms with Crippen molar-refractivity contribution < 1.29 is 14.3 Å². The molecule has 0 aliphatic heterocycles. The molecule has 2 aromatic rings. The van der Waals surface area contributed by atoms with Crippen molar-refractivity contribution in [3.05, 3.63) is 54.1 Å². The normalized spacial score (nSPS) is 9.91. The third kappa shape index (κ3) is 3.99. The molecule has 0 radical (unpaired) electrons. The average molecular weight is 319 g/mol. The van der Waals surface area contributed by atoms with Gasteiger partial charge in [-0.3, -0.25) is 9.59 Å². The summed E-state index contributed by atoms with van der Waals surface area (Å²) in [4.78, 5) is 23.5. The number of anilines is 2. The molecule has 2 amide bonds. The van der Waals surface area contributed by atoms with Crippen LogP contribution in [0, 0.1) is 0 Å². The van der Waals surface area contributed by atoms with E-state index in [2.05, 4.69) is 10.6 Å². The van der Waals surface area contributed by atoms with Gasteiger partial charge < -0.3 is 15.4 Å². The van der Waals surface area contributed by atoms with Crippen LogP contribution in [0.25, 0.3) is 0 Å². The Morgan fingerprint density at radius 3 is 2.45 bits per heavy atom. The highest BCUT2D eigenvalue weighted by molar-refractivity contribution is 6.29. The summed E-state index contributed by atoms with van der Waals surface area (Å²) in [6.07, 6.45) is 0. The molecule has 0 aromatic heterocycles. The van der Waals surface area contributed by atoms with Crippen LogP contribution in [-0.2, 0) is 4.79 Å². The lowest BCUT2D eigenvalue weighted by molar-refractivity contribution is -0.113. The molecule has 114 valence electrons. The first kappa shape index (κ1) is 15.9. The van der Waals surface area contributed by atoms with Crippen molar-refractivity contribution in [1.82, 2.24) is 0 Å². The highest BCUT2D eigenvalue weighted by Crippen LogP contribution is 2.28. The van der Waals surface area contributed by atoms with Crippen LogP contribution in [0.5, 0.6) is 5.75 Å². The molecule has 0 saturated carbocycles. The molecule has 0 fully saturated rings. The summed E-state index contributed by atoms with van der Waals surface area (Å²) in [5, 5.41) is 5.38. The van der Waals surface area contributed by atoms with Gasteiger partial charge in [0.25, 0.3) is 5.91 Å². The van der Waals surface area contributed by atoms with Crippen molar-refractivity contribution >= 4 is 34.8 Å². The molecule has 0 saturated heterocycles. The molecule has 0 bridgehead atoms. The van der Waals surface area contributed by atoms with E-state index < -0.39 is 0 Å². The Morgan fingerprint density at radius 1 is 1.09 bits per heavy atom. The largest absolute Gasteiger partial charge is 0.495 e. The maximum absolute atomic E-state index is 12.1. The molecule has 6 heteroatoms.